The minimum Gasteiger partial charge on any atom is -0.481 e. The Labute approximate surface area is 190 Å². The quantitative estimate of drug-likeness (QED) is 0.503. The fraction of sp³-hybridized carbons (Fsp3) is 0.435. The van der Waals surface area contributed by atoms with Gasteiger partial charge in [-0.2, -0.15) is 10.1 Å². The van der Waals surface area contributed by atoms with E-state index in [0.29, 0.717) is 35.5 Å². The first-order chi connectivity index (χ1) is 16.1. The number of aliphatic carboxylic acids is 1. The molecule has 0 bridgehead atoms. The first-order valence-electron chi connectivity index (χ1n) is 11.1. The number of carbonyl (C=O) groups is 2. The van der Waals surface area contributed by atoms with Crippen molar-refractivity contribution in [3.63, 3.8) is 0 Å². The number of nitrogens with zero attached hydrogens (tertiary/aromatic N) is 4. The number of amides is 1. The van der Waals surface area contributed by atoms with E-state index in [1.165, 1.54) is 19.3 Å². The predicted molar refractivity (Wildman–Crippen MR) is 118 cm³/mol. The van der Waals surface area contributed by atoms with Crippen LogP contribution in [0.5, 0.6) is 0 Å². The highest BCUT2D eigenvalue weighted by Crippen LogP contribution is 2.33. The van der Waals surface area contributed by atoms with Crippen molar-refractivity contribution in [3.8, 4) is 22.8 Å². The van der Waals surface area contributed by atoms with Crippen molar-refractivity contribution < 1.29 is 24.0 Å². The van der Waals surface area contributed by atoms with Crippen LogP contribution in [-0.4, -0.2) is 50.6 Å². The third-order valence-corrected chi connectivity index (χ3v) is 5.79. The molecule has 1 fully saturated rings. The lowest BCUT2D eigenvalue weighted by Gasteiger charge is -2.24. The monoisotopic (exact) mass is 453 g/mol. The highest BCUT2D eigenvalue weighted by molar-refractivity contribution is 5.94. The lowest BCUT2D eigenvalue weighted by molar-refractivity contribution is -0.136. The average molecular weight is 453 g/mol. The van der Waals surface area contributed by atoms with Gasteiger partial charge in [0.2, 0.25) is 5.82 Å². The van der Waals surface area contributed by atoms with E-state index < -0.39 is 5.97 Å². The van der Waals surface area contributed by atoms with Gasteiger partial charge in [-0.3, -0.25) is 14.3 Å². The van der Waals surface area contributed by atoms with Gasteiger partial charge in [-0.25, -0.2) is 0 Å². The Morgan fingerprint density at radius 2 is 1.97 bits per heavy atom. The number of hydrogen-bond donors (Lipinski definition) is 2. The molecule has 33 heavy (non-hydrogen) atoms. The van der Waals surface area contributed by atoms with Crippen LogP contribution in [-0.2, 0) is 16.1 Å². The Bertz CT molecular complexity index is 1100. The first-order valence-corrected chi connectivity index (χ1v) is 11.1. The molecule has 1 aromatic carbocycles. The van der Waals surface area contributed by atoms with Gasteiger partial charge in [-0.1, -0.05) is 36.6 Å². The number of carboxylic acids is 1. The van der Waals surface area contributed by atoms with Gasteiger partial charge in [0.1, 0.15) is 0 Å². The fourth-order valence-corrected chi connectivity index (χ4v) is 4.09. The van der Waals surface area contributed by atoms with Gasteiger partial charge in [0, 0.05) is 24.8 Å². The van der Waals surface area contributed by atoms with E-state index >= 15 is 0 Å². The van der Waals surface area contributed by atoms with Crippen LogP contribution in [0, 0.1) is 0 Å². The van der Waals surface area contributed by atoms with Gasteiger partial charge in [0.05, 0.1) is 36.5 Å². The van der Waals surface area contributed by atoms with Crippen LogP contribution < -0.4 is 5.32 Å². The normalized spacial score (nSPS) is 14.3. The van der Waals surface area contributed by atoms with Gasteiger partial charge < -0.3 is 19.7 Å². The molecule has 10 nitrogen and oxygen atoms in total. The summed E-state index contributed by atoms with van der Waals surface area (Å²) < 4.78 is 13.0. The minimum absolute atomic E-state index is 0.0719. The van der Waals surface area contributed by atoms with Crippen LogP contribution >= 0.6 is 0 Å². The molecule has 174 valence electrons. The number of ether oxygens (including phenoxy) is 1. The number of hydrogen-bond acceptors (Lipinski definition) is 7. The molecule has 4 rings (SSSR count). The number of nitrogens with one attached hydrogen (secondary N) is 1. The molecule has 0 spiro atoms. The Hall–Kier alpha value is -3.53. The van der Waals surface area contributed by atoms with Gasteiger partial charge in [-0.15, -0.1) is 0 Å². The Balaban J connectivity index is 1.50. The summed E-state index contributed by atoms with van der Waals surface area (Å²) in [5.41, 5.74) is 2.80. The van der Waals surface area contributed by atoms with Gasteiger partial charge in [-0.05, 0) is 25.0 Å². The van der Waals surface area contributed by atoms with E-state index in [1.54, 1.807) is 37.6 Å². The van der Waals surface area contributed by atoms with Crippen LogP contribution in [0.1, 0.15) is 60.6 Å². The van der Waals surface area contributed by atoms with Crippen LogP contribution in [0.2, 0.25) is 0 Å². The summed E-state index contributed by atoms with van der Waals surface area (Å²) in [6.45, 7) is 0.470. The molecule has 0 saturated heterocycles. The zero-order chi connectivity index (χ0) is 23.2. The van der Waals surface area contributed by atoms with E-state index in [2.05, 4.69) is 20.6 Å². The number of carbonyl (C=O) groups excluding carboxylic acids is 1. The van der Waals surface area contributed by atoms with Gasteiger partial charge >= 0.3 is 5.97 Å². The smallest absolute Gasteiger partial charge is 0.305 e. The summed E-state index contributed by atoms with van der Waals surface area (Å²) in [7, 11) is 1.65. The molecule has 0 atom stereocenters. The van der Waals surface area contributed by atoms with Crippen molar-refractivity contribution >= 4 is 11.9 Å². The summed E-state index contributed by atoms with van der Waals surface area (Å²) in [4.78, 5) is 27.2. The topological polar surface area (TPSA) is 132 Å². The first kappa shape index (κ1) is 22.7. The van der Waals surface area contributed by atoms with E-state index in [0.717, 1.165) is 24.1 Å². The molecule has 2 heterocycles. The maximum Gasteiger partial charge on any atom is 0.305 e. The molecule has 1 aliphatic carbocycles. The van der Waals surface area contributed by atoms with Crippen LogP contribution in [0.3, 0.4) is 0 Å². The summed E-state index contributed by atoms with van der Waals surface area (Å²) in [5.74, 6) is -0.529. The van der Waals surface area contributed by atoms with Crippen molar-refractivity contribution in [2.75, 3.05) is 13.7 Å². The Morgan fingerprint density at radius 3 is 2.67 bits per heavy atom. The second-order valence-corrected chi connectivity index (χ2v) is 8.07. The molecule has 2 aromatic heterocycles. The number of aromatic nitrogens is 4. The maximum absolute atomic E-state index is 12.1. The standard InChI is InChI=1S/C23H27N5O5/c1-32-14-19-18(13-25-28(19)17-5-3-2-4-6-17)23-26-21(27-33-23)15-7-9-16(10-8-15)22(31)24-12-11-20(29)30/h7-10,13,17H,2-6,11-12,14H2,1H3,(H,24,31)(H,29,30). The Morgan fingerprint density at radius 1 is 1.21 bits per heavy atom. The zero-order valence-electron chi connectivity index (χ0n) is 18.5. The van der Waals surface area contributed by atoms with Crippen LogP contribution in [0.4, 0.5) is 0 Å². The molecule has 1 aliphatic rings. The zero-order valence-corrected chi connectivity index (χ0v) is 18.5. The fourth-order valence-electron chi connectivity index (χ4n) is 4.09. The number of carboxylic acid groups (broad SMARTS) is 1. The molecular weight excluding hydrogens is 426 g/mol. The summed E-state index contributed by atoms with van der Waals surface area (Å²) >= 11 is 0. The second-order valence-electron chi connectivity index (χ2n) is 8.07. The van der Waals surface area contributed by atoms with Gasteiger partial charge in [0.15, 0.2) is 0 Å². The molecular formula is C23H27N5O5. The van der Waals surface area contributed by atoms with Gasteiger partial charge in [0.25, 0.3) is 11.8 Å². The van der Waals surface area contributed by atoms with Crippen molar-refractivity contribution in [1.82, 2.24) is 25.2 Å². The number of methoxy groups -OCH3 is 1. The molecule has 0 aliphatic heterocycles. The molecule has 0 radical (unpaired) electrons. The minimum atomic E-state index is -0.962. The van der Waals surface area contributed by atoms with Crippen LogP contribution in [0.15, 0.2) is 35.0 Å². The molecule has 0 unspecified atom stereocenters. The molecule has 2 N–H and O–H groups in total. The molecule has 10 heteroatoms. The summed E-state index contributed by atoms with van der Waals surface area (Å²) in [6.07, 6.45) is 7.49. The largest absolute Gasteiger partial charge is 0.481 e. The SMILES string of the molecule is COCc1c(-c2nc(-c3ccc(C(=O)NCCC(=O)O)cc3)no2)cnn1C1CCCCC1. The molecule has 1 saturated carbocycles. The lowest BCUT2D eigenvalue weighted by atomic mass is 9.95. The van der Waals surface area contributed by atoms with E-state index in [-0.39, 0.29) is 18.9 Å². The lowest BCUT2D eigenvalue weighted by Crippen LogP contribution is -2.25. The van der Waals surface area contributed by atoms with E-state index in [9.17, 15) is 9.59 Å². The highest BCUT2D eigenvalue weighted by Gasteiger charge is 2.24. The summed E-state index contributed by atoms with van der Waals surface area (Å²) in [6, 6.07) is 7.08. The average Bonchev–Trinajstić information content (AvgIpc) is 3.47. The maximum atomic E-state index is 12.1. The van der Waals surface area contributed by atoms with Crippen molar-refractivity contribution in [2.24, 2.45) is 0 Å². The molecule has 3 aromatic rings. The van der Waals surface area contributed by atoms with Crippen LogP contribution in [0.25, 0.3) is 22.8 Å². The number of rotatable bonds is 9. The Kier molecular flexibility index (Phi) is 7.13. The van der Waals surface area contributed by atoms with E-state index in [1.807, 2.05) is 4.68 Å². The number of benzene rings is 1. The predicted octanol–water partition coefficient (Wildman–Crippen LogP) is 3.46. The van der Waals surface area contributed by atoms with Crippen molar-refractivity contribution in [3.05, 3.63) is 41.7 Å². The third-order valence-electron chi connectivity index (χ3n) is 5.79. The van der Waals surface area contributed by atoms with Crippen molar-refractivity contribution in [1.29, 1.82) is 0 Å². The third kappa shape index (κ3) is 5.28. The second kappa shape index (κ2) is 10.4. The van der Waals surface area contributed by atoms with E-state index in [4.69, 9.17) is 14.4 Å². The van der Waals surface area contributed by atoms with Crippen molar-refractivity contribution in [2.45, 2.75) is 51.2 Å². The highest BCUT2D eigenvalue weighted by atomic mass is 16.5. The molecule has 1 amide bonds. The summed E-state index contributed by atoms with van der Waals surface area (Å²) in [5, 5.41) is 20.0.